The van der Waals surface area contributed by atoms with E-state index >= 15 is 0 Å². The van der Waals surface area contributed by atoms with Crippen LogP contribution in [0.5, 0.6) is 0 Å². The van der Waals surface area contributed by atoms with Crippen LogP contribution in [-0.4, -0.2) is 14.5 Å². The number of halogens is 2. The van der Waals surface area contributed by atoms with Gasteiger partial charge in [-0.3, -0.25) is 4.79 Å². The van der Waals surface area contributed by atoms with Gasteiger partial charge in [-0.15, -0.1) is 0 Å². The third-order valence-corrected chi connectivity index (χ3v) is 4.47. The maximum Gasteiger partial charge on any atom is 0.281 e. The van der Waals surface area contributed by atoms with Crippen LogP contribution in [0.15, 0.2) is 47.8 Å². The summed E-state index contributed by atoms with van der Waals surface area (Å²) in [6.07, 6.45) is 3.17. The first-order valence-corrected chi connectivity index (χ1v) is 8.67. The highest BCUT2D eigenvalue weighted by Crippen LogP contribution is 2.31. The molecule has 0 atom stereocenters. The molecule has 138 valence electrons. The molecule has 6 nitrogen and oxygen atoms in total. The number of hydrogen-bond acceptors (Lipinski definition) is 5. The molecular weight excluding hydrogens is 373 g/mol. The van der Waals surface area contributed by atoms with Gasteiger partial charge in [0, 0.05) is 23.1 Å². The van der Waals surface area contributed by atoms with Gasteiger partial charge < -0.3 is 14.0 Å². The zero-order valence-corrected chi connectivity index (χ0v) is 15.3. The van der Waals surface area contributed by atoms with Crippen molar-refractivity contribution in [1.29, 1.82) is 0 Å². The zero-order chi connectivity index (χ0) is 19.1. The number of fused-ring (bicyclic) bond motifs is 1. The molecule has 0 unspecified atom stereocenters. The molecule has 1 aliphatic heterocycles. The average Bonchev–Trinajstić information content (AvgIpc) is 3.17. The molecule has 0 fully saturated rings. The molecule has 1 aromatic carbocycles. The standard InChI is InChI=1S/C19H15ClFN3O3/c1-10(2)24-14-7-11(17-13(21)9-22-19(20)23-17)3-4-12(14)16(25)8-15(24)18-26-5-6-27-18/h3-10,18H,1-2H3. The molecule has 0 aliphatic carbocycles. The Hall–Kier alpha value is -2.93. The number of nitrogens with zero attached hydrogens (tertiary/aromatic N) is 3. The van der Waals surface area contributed by atoms with Gasteiger partial charge in [0.2, 0.25) is 5.28 Å². The number of ether oxygens (including phenoxy) is 2. The second-order valence-corrected chi connectivity index (χ2v) is 6.68. The first-order chi connectivity index (χ1) is 13.0. The predicted molar refractivity (Wildman–Crippen MR) is 98.6 cm³/mol. The van der Waals surface area contributed by atoms with Crippen LogP contribution in [0.2, 0.25) is 5.28 Å². The summed E-state index contributed by atoms with van der Waals surface area (Å²) in [5.74, 6) is -0.597. The van der Waals surface area contributed by atoms with Gasteiger partial charge in [0.05, 0.1) is 11.7 Å². The highest BCUT2D eigenvalue weighted by molar-refractivity contribution is 6.28. The Morgan fingerprint density at radius 3 is 2.67 bits per heavy atom. The van der Waals surface area contributed by atoms with Crippen molar-refractivity contribution in [2.24, 2.45) is 0 Å². The Labute approximate surface area is 158 Å². The maximum absolute atomic E-state index is 14.2. The molecule has 0 N–H and O–H groups in total. The van der Waals surface area contributed by atoms with Crippen LogP contribution in [0.4, 0.5) is 4.39 Å². The van der Waals surface area contributed by atoms with Crippen molar-refractivity contribution in [1.82, 2.24) is 14.5 Å². The molecule has 0 saturated heterocycles. The van der Waals surface area contributed by atoms with Gasteiger partial charge in [-0.2, -0.15) is 0 Å². The van der Waals surface area contributed by atoms with Gasteiger partial charge in [-0.25, -0.2) is 14.4 Å². The summed E-state index contributed by atoms with van der Waals surface area (Å²) in [5.41, 5.74) is 1.58. The molecule has 27 heavy (non-hydrogen) atoms. The topological polar surface area (TPSA) is 66.2 Å². The number of rotatable bonds is 3. The molecule has 3 heterocycles. The van der Waals surface area contributed by atoms with Crippen LogP contribution in [0, 0.1) is 5.82 Å². The number of hydrogen-bond donors (Lipinski definition) is 0. The Kier molecular flexibility index (Phi) is 4.31. The quantitative estimate of drug-likeness (QED) is 0.625. The van der Waals surface area contributed by atoms with E-state index in [9.17, 15) is 9.18 Å². The smallest absolute Gasteiger partial charge is 0.281 e. The first-order valence-electron chi connectivity index (χ1n) is 8.29. The molecule has 8 heteroatoms. The van der Waals surface area contributed by atoms with Crippen molar-refractivity contribution in [2.75, 3.05) is 0 Å². The van der Waals surface area contributed by atoms with Gasteiger partial charge in [-0.05, 0) is 37.6 Å². The molecule has 0 radical (unpaired) electrons. The number of aromatic nitrogens is 3. The lowest BCUT2D eigenvalue weighted by atomic mass is 10.1. The highest BCUT2D eigenvalue weighted by Gasteiger charge is 2.23. The van der Waals surface area contributed by atoms with E-state index in [4.69, 9.17) is 21.1 Å². The second-order valence-electron chi connectivity index (χ2n) is 6.34. The summed E-state index contributed by atoms with van der Waals surface area (Å²) < 4.78 is 27.0. The highest BCUT2D eigenvalue weighted by atomic mass is 35.5. The van der Waals surface area contributed by atoms with E-state index in [-0.39, 0.29) is 22.4 Å². The number of pyridine rings is 1. The van der Waals surface area contributed by atoms with E-state index in [1.807, 2.05) is 18.4 Å². The fourth-order valence-electron chi connectivity index (χ4n) is 3.19. The fraction of sp³-hybridized carbons (Fsp3) is 0.211. The average molecular weight is 388 g/mol. The van der Waals surface area contributed by atoms with Gasteiger partial charge in [0.15, 0.2) is 11.2 Å². The molecule has 3 aromatic rings. The molecule has 0 bridgehead atoms. The number of benzene rings is 1. The van der Waals surface area contributed by atoms with E-state index in [0.717, 1.165) is 6.20 Å². The lowest BCUT2D eigenvalue weighted by molar-refractivity contribution is -0.0312. The minimum absolute atomic E-state index is 0.00927. The largest absolute Gasteiger partial charge is 0.454 e. The zero-order valence-electron chi connectivity index (χ0n) is 14.5. The van der Waals surface area contributed by atoms with Crippen molar-refractivity contribution in [3.05, 3.63) is 70.0 Å². The molecular formula is C19H15ClFN3O3. The van der Waals surface area contributed by atoms with E-state index in [1.54, 1.807) is 18.2 Å². The second kappa shape index (κ2) is 6.66. The van der Waals surface area contributed by atoms with Gasteiger partial charge >= 0.3 is 0 Å². The van der Waals surface area contributed by atoms with E-state index in [1.165, 1.54) is 18.6 Å². The Morgan fingerprint density at radius 1 is 1.22 bits per heavy atom. The minimum atomic E-state index is -0.710. The van der Waals surface area contributed by atoms with Crippen molar-refractivity contribution in [3.63, 3.8) is 0 Å². The van der Waals surface area contributed by atoms with Crippen LogP contribution < -0.4 is 5.43 Å². The van der Waals surface area contributed by atoms with Crippen LogP contribution in [0.25, 0.3) is 22.2 Å². The van der Waals surface area contributed by atoms with Crippen molar-refractivity contribution >= 4 is 22.5 Å². The predicted octanol–water partition coefficient (Wildman–Crippen LogP) is 4.35. The maximum atomic E-state index is 14.2. The molecule has 0 amide bonds. The summed E-state index contributed by atoms with van der Waals surface area (Å²) in [7, 11) is 0. The summed E-state index contributed by atoms with van der Waals surface area (Å²) in [5, 5.41) is 0.447. The minimum Gasteiger partial charge on any atom is -0.454 e. The van der Waals surface area contributed by atoms with Crippen LogP contribution in [0.1, 0.15) is 31.9 Å². The molecule has 1 aliphatic rings. The molecule has 0 spiro atoms. The SMILES string of the molecule is CC(C)n1c(C2OC=CO2)cc(=O)c2ccc(-c3nc(Cl)ncc3F)cc21. The van der Waals surface area contributed by atoms with E-state index in [2.05, 4.69) is 9.97 Å². The third kappa shape index (κ3) is 3.04. The lowest BCUT2D eigenvalue weighted by Crippen LogP contribution is -2.19. The van der Waals surface area contributed by atoms with Gasteiger partial charge in [-0.1, -0.05) is 6.07 Å². The van der Waals surface area contributed by atoms with Crippen molar-refractivity contribution < 1.29 is 13.9 Å². The van der Waals surface area contributed by atoms with Gasteiger partial charge in [0.1, 0.15) is 23.9 Å². The first kappa shape index (κ1) is 17.5. The Bertz CT molecular complexity index is 1120. The molecule has 2 aromatic heterocycles. The third-order valence-electron chi connectivity index (χ3n) is 4.29. The van der Waals surface area contributed by atoms with Crippen molar-refractivity contribution in [2.45, 2.75) is 26.2 Å². The van der Waals surface area contributed by atoms with E-state index in [0.29, 0.717) is 22.2 Å². The summed E-state index contributed by atoms with van der Waals surface area (Å²) in [6.45, 7) is 3.95. The molecule has 0 saturated carbocycles. The fourth-order valence-corrected chi connectivity index (χ4v) is 3.32. The Balaban J connectivity index is 2.00. The summed E-state index contributed by atoms with van der Waals surface area (Å²) in [6, 6.07) is 6.50. The van der Waals surface area contributed by atoms with Crippen molar-refractivity contribution in [3.8, 4) is 11.3 Å². The summed E-state index contributed by atoms with van der Waals surface area (Å²) in [4.78, 5) is 20.3. The van der Waals surface area contributed by atoms with E-state index < -0.39 is 12.1 Å². The molecule has 4 rings (SSSR count). The van der Waals surface area contributed by atoms with Crippen LogP contribution in [0.3, 0.4) is 0 Å². The van der Waals surface area contributed by atoms with Crippen LogP contribution in [-0.2, 0) is 9.47 Å². The lowest BCUT2D eigenvalue weighted by Gasteiger charge is -2.23. The van der Waals surface area contributed by atoms with Crippen LogP contribution >= 0.6 is 11.6 Å². The Morgan fingerprint density at radius 2 is 1.96 bits per heavy atom. The monoisotopic (exact) mass is 387 g/mol. The normalized spacial score (nSPS) is 14.0. The summed E-state index contributed by atoms with van der Waals surface area (Å²) >= 11 is 5.82. The van der Waals surface area contributed by atoms with Gasteiger partial charge in [0.25, 0.3) is 6.29 Å².